The van der Waals surface area contributed by atoms with E-state index in [9.17, 15) is 9.59 Å². The molecule has 0 saturated carbocycles. The van der Waals surface area contributed by atoms with Gasteiger partial charge in [0.05, 0.1) is 12.7 Å². The molecular formula is C26H23ClN2O3. The van der Waals surface area contributed by atoms with Gasteiger partial charge in [-0.1, -0.05) is 66.2 Å². The van der Waals surface area contributed by atoms with Crippen molar-refractivity contribution in [2.24, 2.45) is 0 Å². The summed E-state index contributed by atoms with van der Waals surface area (Å²) in [5.74, 6) is -0.200. The van der Waals surface area contributed by atoms with Gasteiger partial charge < -0.3 is 10.1 Å². The molecular weight excluding hydrogens is 424 g/mol. The van der Waals surface area contributed by atoms with Gasteiger partial charge in [0, 0.05) is 22.8 Å². The lowest BCUT2D eigenvalue weighted by molar-refractivity contribution is -0.136. The van der Waals surface area contributed by atoms with Crippen LogP contribution in [0.3, 0.4) is 0 Å². The Bertz CT molecular complexity index is 1200. The van der Waals surface area contributed by atoms with E-state index in [1.165, 1.54) is 4.90 Å². The second kappa shape index (κ2) is 9.28. The molecule has 1 heterocycles. The van der Waals surface area contributed by atoms with Crippen LogP contribution in [0.2, 0.25) is 5.02 Å². The minimum atomic E-state index is -0.372. The number of hydrogen-bond acceptors (Lipinski definition) is 4. The average molecular weight is 447 g/mol. The molecule has 2 amide bonds. The molecule has 0 aliphatic carbocycles. The molecule has 3 aromatic carbocycles. The van der Waals surface area contributed by atoms with E-state index in [4.69, 9.17) is 16.3 Å². The highest BCUT2D eigenvalue weighted by molar-refractivity contribution is 6.37. The lowest BCUT2D eigenvalue weighted by atomic mass is 10.0. The van der Waals surface area contributed by atoms with Crippen LogP contribution in [-0.2, 0) is 16.0 Å². The zero-order valence-electron chi connectivity index (χ0n) is 17.9. The molecule has 0 aromatic heterocycles. The van der Waals surface area contributed by atoms with Crippen LogP contribution >= 0.6 is 11.6 Å². The smallest absolute Gasteiger partial charge is 0.278 e. The number of anilines is 1. The fourth-order valence-electron chi connectivity index (χ4n) is 3.70. The number of methoxy groups -OCH3 is 1. The summed E-state index contributed by atoms with van der Waals surface area (Å²) in [7, 11) is 1.54. The highest BCUT2D eigenvalue weighted by Crippen LogP contribution is 2.35. The van der Waals surface area contributed by atoms with Crippen molar-refractivity contribution in [2.45, 2.75) is 13.3 Å². The summed E-state index contributed by atoms with van der Waals surface area (Å²) in [5, 5.41) is 3.72. The maximum Gasteiger partial charge on any atom is 0.278 e. The predicted octanol–water partition coefficient (Wildman–Crippen LogP) is 5.09. The number of benzene rings is 3. The van der Waals surface area contributed by atoms with Gasteiger partial charge in [0.1, 0.15) is 11.4 Å². The molecule has 1 aliphatic heterocycles. The summed E-state index contributed by atoms with van der Waals surface area (Å²) in [5.41, 5.74) is 3.68. The van der Waals surface area contributed by atoms with Crippen LogP contribution in [-0.4, -0.2) is 30.4 Å². The van der Waals surface area contributed by atoms with Crippen LogP contribution in [0.5, 0.6) is 5.75 Å². The van der Waals surface area contributed by atoms with Crippen molar-refractivity contribution in [2.75, 3.05) is 19.0 Å². The van der Waals surface area contributed by atoms with Crippen LogP contribution in [0.4, 0.5) is 5.69 Å². The van der Waals surface area contributed by atoms with Crippen LogP contribution in [0, 0.1) is 6.92 Å². The topological polar surface area (TPSA) is 58.6 Å². The van der Waals surface area contributed by atoms with Gasteiger partial charge in [-0.05, 0) is 42.7 Å². The van der Waals surface area contributed by atoms with E-state index in [0.717, 1.165) is 11.1 Å². The number of nitrogens with zero attached hydrogens (tertiary/aromatic N) is 1. The highest BCUT2D eigenvalue weighted by atomic mass is 35.5. The maximum atomic E-state index is 13.5. The molecule has 0 fully saturated rings. The van der Waals surface area contributed by atoms with Gasteiger partial charge in [-0.2, -0.15) is 0 Å². The quantitative estimate of drug-likeness (QED) is 0.513. The van der Waals surface area contributed by atoms with Gasteiger partial charge >= 0.3 is 0 Å². The molecule has 32 heavy (non-hydrogen) atoms. The third-order valence-electron chi connectivity index (χ3n) is 5.45. The van der Waals surface area contributed by atoms with Crippen molar-refractivity contribution in [3.8, 4) is 5.75 Å². The molecule has 1 N–H and O–H groups in total. The number of aryl methyl sites for hydroxylation is 1. The molecule has 0 radical (unpaired) electrons. The standard InChI is InChI=1S/C26H23ClN2O3/c1-17-12-13-19(16-21(17)27)28-24-23(20-10-6-7-11-22(20)32-2)25(30)29(26(24)31)15-14-18-8-4-3-5-9-18/h3-13,16,28H,14-15H2,1-2H3. The lowest BCUT2D eigenvalue weighted by Gasteiger charge is -2.15. The molecule has 0 bridgehead atoms. The van der Waals surface area contributed by atoms with E-state index >= 15 is 0 Å². The van der Waals surface area contributed by atoms with E-state index in [-0.39, 0.29) is 29.6 Å². The molecule has 0 saturated heterocycles. The Labute approximate surface area is 192 Å². The molecule has 0 unspecified atom stereocenters. The third-order valence-corrected chi connectivity index (χ3v) is 5.86. The van der Waals surface area contributed by atoms with Crippen molar-refractivity contribution < 1.29 is 14.3 Å². The zero-order valence-corrected chi connectivity index (χ0v) is 18.6. The van der Waals surface area contributed by atoms with E-state index in [1.54, 1.807) is 25.3 Å². The summed E-state index contributed by atoms with van der Waals surface area (Å²) in [6.07, 6.45) is 0.571. The summed E-state index contributed by atoms with van der Waals surface area (Å²) in [6.45, 7) is 2.18. The van der Waals surface area contributed by atoms with Crippen LogP contribution in [0.15, 0.2) is 78.5 Å². The van der Waals surface area contributed by atoms with Gasteiger partial charge in [0.25, 0.3) is 11.8 Å². The Morgan fingerprint density at radius 2 is 1.66 bits per heavy atom. The number of amides is 2. The number of ether oxygens (including phenoxy) is 1. The van der Waals surface area contributed by atoms with Gasteiger partial charge in [-0.15, -0.1) is 0 Å². The summed E-state index contributed by atoms with van der Waals surface area (Å²) in [6, 6.07) is 22.4. The van der Waals surface area contributed by atoms with E-state index < -0.39 is 0 Å². The first-order valence-corrected chi connectivity index (χ1v) is 10.7. The van der Waals surface area contributed by atoms with Gasteiger partial charge in [0.15, 0.2) is 0 Å². The number of carbonyl (C=O) groups is 2. The second-order valence-corrected chi connectivity index (χ2v) is 7.94. The van der Waals surface area contributed by atoms with Crippen molar-refractivity contribution in [1.82, 2.24) is 4.90 Å². The minimum Gasteiger partial charge on any atom is -0.496 e. The van der Waals surface area contributed by atoms with Crippen LogP contribution in [0.1, 0.15) is 16.7 Å². The summed E-state index contributed by atoms with van der Waals surface area (Å²) < 4.78 is 5.47. The first-order chi connectivity index (χ1) is 15.5. The fraction of sp³-hybridized carbons (Fsp3) is 0.154. The van der Waals surface area contributed by atoms with Gasteiger partial charge in [-0.3, -0.25) is 14.5 Å². The van der Waals surface area contributed by atoms with Crippen LogP contribution in [0.25, 0.3) is 5.57 Å². The first-order valence-electron chi connectivity index (χ1n) is 10.3. The molecule has 1 aliphatic rings. The number of nitrogens with one attached hydrogen (secondary N) is 1. The number of halogens is 1. The van der Waals surface area contributed by atoms with Crippen molar-refractivity contribution in [1.29, 1.82) is 0 Å². The molecule has 0 spiro atoms. The molecule has 6 heteroatoms. The largest absolute Gasteiger partial charge is 0.496 e. The van der Waals surface area contributed by atoms with Crippen molar-refractivity contribution >= 4 is 34.7 Å². The molecule has 5 nitrogen and oxygen atoms in total. The Kier molecular flexibility index (Phi) is 6.28. The lowest BCUT2D eigenvalue weighted by Crippen LogP contribution is -2.34. The Morgan fingerprint density at radius 1 is 0.938 bits per heavy atom. The minimum absolute atomic E-state index is 0.215. The second-order valence-electron chi connectivity index (χ2n) is 7.54. The van der Waals surface area contributed by atoms with Crippen LogP contribution < -0.4 is 10.1 Å². The fourth-order valence-corrected chi connectivity index (χ4v) is 3.88. The van der Waals surface area contributed by atoms with E-state index in [0.29, 0.717) is 28.4 Å². The summed E-state index contributed by atoms with van der Waals surface area (Å²) >= 11 is 6.27. The molecule has 162 valence electrons. The van der Waals surface area contributed by atoms with E-state index in [1.807, 2.05) is 61.5 Å². The number of hydrogen-bond donors (Lipinski definition) is 1. The monoisotopic (exact) mass is 446 g/mol. The van der Waals surface area contributed by atoms with Gasteiger partial charge in [0.2, 0.25) is 0 Å². The highest BCUT2D eigenvalue weighted by Gasteiger charge is 2.40. The Balaban J connectivity index is 1.72. The maximum absolute atomic E-state index is 13.5. The van der Waals surface area contributed by atoms with Crippen molar-refractivity contribution in [3.05, 3.63) is 100 Å². The zero-order chi connectivity index (χ0) is 22.7. The first kappa shape index (κ1) is 21.7. The number of imide groups is 1. The van der Waals surface area contributed by atoms with Crippen molar-refractivity contribution in [3.63, 3.8) is 0 Å². The van der Waals surface area contributed by atoms with E-state index in [2.05, 4.69) is 5.32 Å². The third kappa shape index (κ3) is 4.25. The Morgan fingerprint density at radius 3 is 2.38 bits per heavy atom. The molecule has 3 aromatic rings. The average Bonchev–Trinajstić information content (AvgIpc) is 3.04. The molecule has 4 rings (SSSR count). The summed E-state index contributed by atoms with van der Waals surface area (Å²) in [4.78, 5) is 28.1. The molecule has 0 atom stereocenters. The number of para-hydroxylation sites is 1. The number of rotatable bonds is 7. The number of carbonyl (C=O) groups excluding carboxylic acids is 2. The predicted molar refractivity (Wildman–Crippen MR) is 127 cm³/mol. The normalized spacial score (nSPS) is 13.7. The Hall–Kier alpha value is -3.57. The SMILES string of the molecule is COc1ccccc1C1=C(Nc2ccc(C)c(Cl)c2)C(=O)N(CCc2ccccc2)C1=O. The van der Waals surface area contributed by atoms with Gasteiger partial charge in [-0.25, -0.2) is 0 Å².